The number of carbonyl (C=O) groups is 1. The highest BCUT2D eigenvalue weighted by molar-refractivity contribution is 5.84. The maximum absolute atomic E-state index is 12.0. The first-order valence-electron chi connectivity index (χ1n) is 14.3. The van der Waals surface area contributed by atoms with Crippen molar-refractivity contribution in [1.29, 1.82) is 0 Å². The van der Waals surface area contributed by atoms with Gasteiger partial charge in [-0.3, -0.25) is 4.79 Å². The molecule has 0 aliphatic carbocycles. The van der Waals surface area contributed by atoms with Crippen LogP contribution < -0.4 is 11.5 Å². The predicted molar refractivity (Wildman–Crippen MR) is 143 cm³/mol. The molecule has 3 heteroatoms. The van der Waals surface area contributed by atoms with Gasteiger partial charge in [-0.05, 0) is 50.9 Å². The minimum absolute atomic E-state index is 0.236. The van der Waals surface area contributed by atoms with Crippen molar-refractivity contribution in [3.8, 4) is 0 Å². The number of hydrogen-bond acceptors (Lipinski definition) is 2. The second-order valence-electron chi connectivity index (χ2n) is 10.0. The van der Waals surface area contributed by atoms with Gasteiger partial charge in [0.15, 0.2) is 0 Å². The van der Waals surface area contributed by atoms with Gasteiger partial charge in [0, 0.05) is 0 Å². The SMILES string of the molecule is CCCCCCCC/C=C\CCCCCCCCCC(CCCCC)C(N)(CC)C(N)=O. The molecule has 0 aliphatic rings. The summed E-state index contributed by atoms with van der Waals surface area (Å²) >= 11 is 0. The van der Waals surface area contributed by atoms with Crippen LogP contribution in [0.1, 0.15) is 156 Å². The van der Waals surface area contributed by atoms with Gasteiger partial charge >= 0.3 is 0 Å². The molecule has 32 heavy (non-hydrogen) atoms. The molecule has 190 valence electrons. The fraction of sp³-hybridized carbons (Fsp3) is 0.897. The van der Waals surface area contributed by atoms with Gasteiger partial charge in [0.05, 0.1) is 5.54 Å². The predicted octanol–water partition coefficient (Wildman–Crippen LogP) is 8.59. The van der Waals surface area contributed by atoms with E-state index in [1.54, 1.807) is 0 Å². The Morgan fingerprint density at radius 2 is 1.03 bits per heavy atom. The summed E-state index contributed by atoms with van der Waals surface area (Å²) in [6.45, 7) is 6.49. The average Bonchev–Trinajstić information content (AvgIpc) is 2.79. The van der Waals surface area contributed by atoms with Gasteiger partial charge in [0.25, 0.3) is 0 Å². The topological polar surface area (TPSA) is 69.1 Å². The zero-order chi connectivity index (χ0) is 23.9. The smallest absolute Gasteiger partial charge is 0.237 e. The molecule has 2 atom stereocenters. The van der Waals surface area contributed by atoms with E-state index in [9.17, 15) is 4.79 Å². The Labute approximate surface area is 201 Å². The molecule has 0 saturated heterocycles. The summed E-state index contributed by atoms with van der Waals surface area (Å²) in [6.07, 6.45) is 31.0. The van der Waals surface area contributed by atoms with Gasteiger partial charge in [-0.2, -0.15) is 0 Å². The van der Waals surface area contributed by atoms with E-state index in [0.29, 0.717) is 6.42 Å². The summed E-state index contributed by atoms with van der Waals surface area (Å²) in [5.41, 5.74) is 11.3. The summed E-state index contributed by atoms with van der Waals surface area (Å²) < 4.78 is 0. The third-order valence-electron chi connectivity index (χ3n) is 7.24. The first kappa shape index (κ1) is 31.2. The van der Waals surface area contributed by atoms with E-state index >= 15 is 0 Å². The van der Waals surface area contributed by atoms with Crippen molar-refractivity contribution in [2.45, 2.75) is 161 Å². The van der Waals surface area contributed by atoms with Crippen LogP contribution in [0.5, 0.6) is 0 Å². The van der Waals surface area contributed by atoms with Crippen molar-refractivity contribution in [1.82, 2.24) is 0 Å². The number of hydrogen-bond donors (Lipinski definition) is 2. The van der Waals surface area contributed by atoms with Crippen LogP contribution in [0.2, 0.25) is 0 Å². The quantitative estimate of drug-likeness (QED) is 0.114. The molecular weight excluding hydrogens is 392 g/mol. The van der Waals surface area contributed by atoms with Crippen molar-refractivity contribution in [2.24, 2.45) is 17.4 Å². The number of amides is 1. The van der Waals surface area contributed by atoms with E-state index in [1.807, 2.05) is 6.92 Å². The Balaban J connectivity index is 3.76. The molecule has 0 rings (SSSR count). The lowest BCUT2D eigenvalue weighted by Gasteiger charge is -2.34. The molecule has 0 heterocycles. The number of unbranched alkanes of at least 4 members (excludes halogenated alkanes) is 15. The van der Waals surface area contributed by atoms with Crippen LogP contribution in [-0.2, 0) is 4.79 Å². The Hall–Kier alpha value is -0.830. The first-order chi connectivity index (χ1) is 15.5. The number of primary amides is 1. The summed E-state index contributed by atoms with van der Waals surface area (Å²) in [5.74, 6) is -0.0813. The second kappa shape index (κ2) is 22.0. The summed E-state index contributed by atoms with van der Waals surface area (Å²) in [7, 11) is 0. The lowest BCUT2D eigenvalue weighted by atomic mass is 9.76. The highest BCUT2D eigenvalue weighted by atomic mass is 16.1. The number of nitrogens with two attached hydrogens (primary N) is 2. The van der Waals surface area contributed by atoms with Gasteiger partial charge in [0.2, 0.25) is 5.91 Å². The van der Waals surface area contributed by atoms with Crippen LogP contribution in [0.25, 0.3) is 0 Å². The molecule has 0 fully saturated rings. The summed E-state index contributed by atoms with van der Waals surface area (Å²) in [4.78, 5) is 12.0. The van der Waals surface area contributed by atoms with Crippen LogP contribution in [0.15, 0.2) is 12.2 Å². The molecular formula is C29H58N2O. The van der Waals surface area contributed by atoms with Crippen LogP contribution >= 0.6 is 0 Å². The first-order valence-corrected chi connectivity index (χ1v) is 14.3. The largest absolute Gasteiger partial charge is 0.368 e. The van der Waals surface area contributed by atoms with E-state index in [1.165, 1.54) is 109 Å². The maximum atomic E-state index is 12.0. The van der Waals surface area contributed by atoms with Gasteiger partial charge in [-0.25, -0.2) is 0 Å². The molecule has 3 nitrogen and oxygen atoms in total. The molecule has 0 aromatic carbocycles. The second-order valence-corrected chi connectivity index (χ2v) is 10.0. The molecule has 0 saturated carbocycles. The van der Waals surface area contributed by atoms with E-state index in [0.717, 1.165) is 19.3 Å². The highest BCUT2D eigenvalue weighted by Gasteiger charge is 2.37. The molecule has 0 radical (unpaired) electrons. The zero-order valence-electron chi connectivity index (χ0n) is 22.1. The third kappa shape index (κ3) is 15.9. The van der Waals surface area contributed by atoms with Crippen molar-refractivity contribution in [3.63, 3.8) is 0 Å². The molecule has 0 bridgehead atoms. The monoisotopic (exact) mass is 450 g/mol. The third-order valence-corrected chi connectivity index (χ3v) is 7.24. The van der Waals surface area contributed by atoms with Crippen LogP contribution in [0, 0.1) is 5.92 Å². The fourth-order valence-corrected chi connectivity index (χ4v) is 4.78. The van der Waals surface area contributed by atoms with Crippen LogP contribution in [0.4, 0.5) is 0 Å². The van der Waals surface area contributed by atoms with Gasteiger partial charge in [-0.1, -0.05) is 123 Å². The highest BCUT2D eigenvalue weighted by Crippen LogP contribution is 2.29. The number of allylic oxidation sites excluding steroid dienone is 2. The van der Waals surface area contributed by atoms with Crippen molar-refractivity contribution in [2.75, 3.05) is 0 Å². The normalized spacial score (nSPS) is 14.6. The Morgan fingerprint density at radius 3 is 1.47 bits per heavy atom. The Kier molecular flexibility index (Phi) is 21.4. The lowest BCUT2D eigenvalue weighted by molar-refractivity contribution is -0.125. The minimum Gasteiger partial charge on any atom is -0.368 e. The van der Waals surface area contributed by atoms with Crippen LogP contribution in [0.3, 0.4) is 0 Å². The molecule has 2 unspecified atom stereocenters. The summed E-state index contributed by atoms with van der Waals surface area (Å²) in [5, 5.41) is 0. The zero-order valence-corrected chi connectivity index (χ0v) is 22.1. The minimum atomic E-state index is -0.823. The van der Waals surface area contributed by atoms with Crippen LogP contribution in [-0.4, -0.2) is 11.4 Å². The molecule has 0 aromatic heterocycles. The lowest BCUT2D eigenvalue weighted by Crippen LogP contribution is -2.57. The molecule has 0 aromatic rings. The average molecular weight is 451 g/mol. The summed E-state index contributed by atoms with van der Waals surface area (Å²) in [6, 6.07) is 0. The fourth-order valence-electron chi connectivity index (χ4n) is 4.78. The number of rotatable bonds is 24. The molecule has 0 aliphatic heterocycles. The van der Waals surface area contributed by atoms with Gasteiger partial charge in [0.1, 0.15) is 0 Å². The molecule has 0 spiro atoms. The van der Waals surface area contributed by atoms with Crippen molar-refractivity contribution in [3.05, 3.63) is 12.2 Å². The molecule has 4 N–H and O–H groups in total. The van der Waals surface area contributed by atoms with Gasteiger partial charge < -0.3 is 11.5 Å². The molecule has 1 amide bonds. The Morgan fingerprint density at radius 1 is 0.656 bits per heavy atom. The maximum Gasteiger partial charge on any atom is 0.237 e. The van der Waals surface area contributed by atoms with E-state index in [2.05, 4.69) is 26.0 Å². The standard InChI is InChI=1S/C29H58N2O/c1-4-7-9-10-11-12-13-14-15-16-17-18-19-20-21-22-24-26-27(25-23-8-5-2)29(31,6-3)28(30)32/h14-15,27H,4-13,16-26,31H2,1-3H3,(H2,30,32)/b15-14-. The van der Waals surface area contributed by atoms with E-state index < -0.39 is 5.54 Å². The number of carbonyl (C=O) groups excluding carboxylic acids is 1. The Bertz CT molecular complexity index is 448. The van der Waals surface area contributed by atoms with Crippen molar-refractivity contribution >= 4 is 5.91 Å². The van der Waals surface area contributed by atoms with E-state index in [-0.39, 0.29) is 11.8 Å². The van der Waals surface area contributed by atoms with E-state index in [4.69, 9.17) is 11.5 Å². The van der Waals surface area contributed by atoms with Gasteiger partial charge in [-0.15, -0.1) is 0 Å². The van der Waals surface area contributed by atoms with Crippen molar-refractivity contribution < 1.29 is 4.79 Å².